The number of halogens is 5. The van der Waals surface area contributed by atoms with Gasteiger partial charge in [0.1, 0.15) is 10.9 Å². The third-order valence-corrected chi connectivity index (χ3v) is 23.0. The number of nitrogens with one attached hydrogen (secondary N) is 3. The smallest absolute Gasteiger partial charge is 0.380 e. The van der Waals surface area contributed by atoms with E-state index in [1.54, 1.807) is 24.3 Å². The number of imide groups is 2. The van der Waals surface area contributed by atoms with Gasteiger partial charge in [0.15, 0.2) is 0 Å². The van der Waals surface area contributed by atoms with E-state index in [1.165, 1.54) is 40.6 Å². The van der Waals surface area contributed by atoms with Gasteiger partial charge in [0.05, 0.1) is 21.7 Å². The maximum Gasteiger partial charge on any atom is 0.501 e. The van der Waals surface area contributed by atoms with Crippen LogP contribution < -0.4 is 20.3 Å². The molecule has 5 aromatic rings. The first-order valence-electron chi connectivity index (χ1n) is 29.3. The van der Waals surface area contributed by atoms with Crippen molar-refractivity contribution >= 4 is 106 Å². The quantitative estimate of drug-likeness (QED) is 0.0520. The summed E-state index contributed by atoms with van der Waals surface area (Å²) in [5.41, 5.74) is -0.201. The summed E-state index contributed by atoms with van der Waals surface area (Å²) >= 11 is 11.2. The van der Waals surface area contributed by atoms with Crippen LogP contribution in [-0.2, 0) is 36.0 Å². The number of rotatable bonds is 19. The van der Waals surface area contributed by atoms with Gasteiger partial charge in [0.2, 0.25) is 11.8 Å². The van der Waals surface area contributed by atoms with Gasteiger partial charge in [0, 0.05) is 115 Å². The molecule has 12 rings (SSSR count). The molecule has 5 aromatic carbocycles. The average Bonchev–Trinajstić information content (AvgIpc) is 1.78. The van der Waals surface area contributed by atoms with Crippen LogP contribution in [0.2, 0.25) is 5.02 Å². The molecule has 4 atom stereocenters. The summed E-state index contributed by atoms with van der Waals surface area (Å²) < 4.78 is 101. The number of allylic oxidation sites excluding steroid dienone is 1. The number of carbonyl (C=O) groups excluding carboxylic acids is 5. The average molecular weight is 1350 g/mol. The number of nitrogens with zero attached hydrogens (tertiary/aromatic N) is 5. The molecule has 5 amide bonds. The molecule has 6 aliphatic heterocycles. The van der Waals surface area contributed by atoms with E-state index in [4.69, 9.17) is 11.6 Å². The van der Waals surface area contributed by atoms with Crippen LogP contribution in [0.3, 0.4) is 0 Å². The number of carbonyl (C=O) groups is 5. The lowest BCUT2D eigenvalue weighted by Gasteiger charge is -2.52. The van der Waals surface area contributed by atoms with Crippen LogP contribution >= 0.6 is 39.3 Å². The van der Waals surface area contributed by atoms with Crippen molar-refractivity contribution in [2.75, 3.05) is 68.3 Å². The van der Waals surface area contributed by atoms with E-state index in [0.29, 0.717) is 61.3 Å². The van der Waals surface area contributed by atoms with Crippen molar-refractivity contribution in [1.29, 1.82) is 0 Å². The highest BCUT2D eigenvalue weighted by atomic mass is 79.9. The van der Waals surface area contributed by atoms with Crippen molar-refractivity contribution in [1.82, 2.24) is 29.6 Å². The molecule has 5 fully saturated rings. The Morgan fingerprint density at radius 3 is 2.18 bits per heavy atom. The largest absolute Gasteiger partial charge is 0.501 e. The molecule has 0 aromatic heterocycles. The second kappa shape index (κ2) is 25.6. The first-order chi connectivity index (χ1) is 41.8. The molecule has 3 unspecified atom stereocenters. The van der Waals surface area contributed by atoms with Crippen molar-refractivity contribution in [3.8, 4) is 0 Å². The second-order valence-corrected chi connectivity index (χ2v) is 30.2. The molecule has 466 valence electrons. The van der Waals surface area contributed by atoms with E-state index in [1.807, 2.05) is 47.2 Å². The van der Waals surface area contributed by atoms with Crippen LogP contribution in [0.4, 0.5) is 24.5 Å². The zero-order chi connectivity index (χ0) is 62.5. The zero-order valence-electron chi connectivity index (χ0n) is 48.5. The molecular weight excluding hydrogens is 1280 g/mol. The summed E-state index contributed by atoms with van der Waals surface area (Å²) in [7, 11) is -11.1. The second-order valence-electron chi connectivity index (χ2n) is 24.3. The van der Waals surface area contributed by atoms with Gasteiger partial charge in [-0.2, -0.15) is 13.2 Å². The van der Waals surface area contributed by atoms with Crippen LogP contribution in [0, 0.1) is 5.41 Å². The van der Waals surface area contributed by atoms with Gasteiger partial charge in [-0.1, -0.05) is 67.4 Å². The molecule has 88 heavy (non-hydrogen) atoms. The first-order valence-corrected chi connectivity index (χ1v) is 34.5. The highest BCUT2D eigenvalue weighted by molar-refractivity contribution is 9.10. The van der Waals surface area contributed by atoms with Gasteiger partial charge in [-0.3, -0.25) is 48.9 Å². The Balaban J connectivity index is 0.742. The van der Waals surface area contributed by atoms with Crippen molar-refractivity contribution in [3.05, 3.63) is 152 Å². The molecule has 1 aliphatic carbocycles. The van der Waals surface area contributed by atoms with E-state index in [9.17, 15) is 54.0 Å². The lowest BCUT2D eigenvalue weighted by atomic mass is 9.73. The summed E-state index contributed by atoms with van der Waals surface area (Å²) in [5, 5.41) is 5.98. The summed E-state index contributed by atoms with van der Waals surface area (Å²) in [6.45, 7) is 10.6. The number of anilines is 2. The first kappa shape index (κ1) is 63.4. The Morgan fingerprint density at radius 1 is 0.818 bits per heavy atom. The minimum Gasteiger partial charge on any atom is -0.380 e. The monoisotopic (exact) mass is 1350 g/mol. The molecule has 0 spiro atoms. The van der Waals surface area contributed by atoms with Crippen molar-refractivity contribution in [2.45, 2.75) is 116 Å². The van der Waals surface area contributed by atoms with Crippen LogP contribution in [0.5, 0.6) is 0 Å². The molecule has 2 bridgehead atoms. The zero-order valence-corrected chi connectivity index (χ0v) is 53.2. The van der Waals surface area contributed by atoms with Gasteiger partial charge in [-0.15, -0.1) is 11.8 Å². The van der Waals surface area contributed by atoms with Gasteiger partial charge in [-0.05, 0) is 156 Å². The molecule has 25 heteroatoms. The Bertz CT molecular complexity index is 3820. The Morgan fingerprint density at radius 2 is 1.51 bits per heavy atom. The van der Waals surface area contributed by atoms with E-state index >= 15 is 0 Å². The fraction of sp³-hybridized carbons (Fsp3) is 0.413. The van der Waals surface area contributed by atoms with Crippen LogP contribution in [-0.4, -0.2) is 154 Å². The standard InChI is InChI=1S/C63H67BrClF3N8O9S3/c1-62(2)26-24-50(39-8-13-43(65)14-9-39)42(33-62)34-72-28-30-73(31-29-72)45-15-10-40(11-16-45)58(78)71-88(84,85)49-19-21-52(54(32-49)87(82,83)63(66,67)68)69-44(38-86-48-6-4-3-5-7-48)25-27-74-36-47-18-17-46(74)37-75(47)35-41-12-20-51-56(57(41)64)61(81)76(60(51)80)53-22-23-55(77)70-59(53)79/h3-16,19-21,32,44,46-47,53,69H,17-18,22-31,33-38H2,1-2H3,(H,71,78)(H,70,77,79)/t44-,46?,47?,53?/m1/s1. The number of sulfone groups is 1. The molecule has 0 radical (unpaired) electrons. The molecule has 5 saturated heterocycles. The van der Waals surface area contributed by atoms with Crippen LogP contribution in [0.25, 0.3) is 5.57 Å². The SMILES string of the molecule is CC1(C)CCC(c2ccc(Cl)cc2)=C(CN2CCN(c3ccc(C(=O)NS(=O)(=O)c4ccc(N[C@H](CCN5CC6CCC5CN6Cc5ccc6c(c5Br)C(=O)N(C5CCC(=O)NC5=O)C6=O)CSc5ccccc5)c(S(=O)(=O)C(F)(F)F)c4)cc3)CC2)C1. The van der Waals surface area contributed by atoms with E-state index < -0.39 is 82.5 Å². The highest BCUT2D eigenvalue weighted by Gasteiger charge is 2.50. The summed E-state index contributed by atoms with van der Waals surface area (Å²) in [6.07, 6.45) is 5.19. The Kier molecular flexibility index (Phi) is 18.5. The summed E-state index contributed by atoms with van der Waals surface area (Å²) in [5.74, 6) is -3.16. The lowest BCUT2D eigenvalue weighted by molar-refractivity contribution is -0.136. The van der Waals surface area contributed by atoms with Gasteiger partial charge in [-0.25, -0.2) is 21.6 Å². The molecule has 0 saturated carbocycles. The normalized spacial score (nSPS) is 21.6. The fourth-order valence-electron chi connectivity index (χ4n) is 13.0. The summed E-state index contributed by atoms with van der Waals surface area (Å²) in [4.78, 5) is 74.2. The number of benzene rings is 5. The number of piperidine rings is 3. The third kappa shape index (κ3) is 13.6. The molecule has 3 N–H and O–H groups in total. The van der Waals surface area contributed by atoms with Crippen LogP contribution in [0.1, 0.15) is 107 Å². The molecule has 7 aliphatic rings. The Hall–Kier alpha value is -6.12. The number of alkyl halides is 3. The highest BCUT2D eigenvalue weighted by Crippen LogP contribution is 2.44. The van der Waals surface area contributed by atoms with E-state index in [0.717, 1.165) is 84.9 Å². The van der Waals surface area contributed by atoms with Gasteiger partial charge in [0.25, 0.3) is 37.6 Å². The minimum atomic E-state index is -6.17. The maximum atomic E-state index is 14.6. The Labute approximate surface area is 527 Å². The predicted molar refractivity (Wildman–Crippen MR) is 334 cm³/mol. The van der Waals surface area contributed by atoms with Crippen LogP contribution in [0.15, 0.2) is 134 Å². The lowest BCUT2D eigenvalue weighted by Crippen LogP contribution is -2.62. The predicted octanol–water partition coefficient (Wildman–Crippen LogP) is 10.0. The number of hydrogen-bond acceptors (Lipinski definition) is 15. The fourth-order valence-corrected chi connectivity index (χ4v) is 16.8. The van der Waals surface area contributed by atoms with Crippen molar-refractivity contribution < 1.29 is 54.0 Å². The molecule has 17 nitrogen and oxygen atoms in total. The number of amides is 5. The van der Waals surface area contributed by atoms with E-state index in [-0.39, 0.29) is 52.8 Å². The number of sulfonamides is 1. The topological polar surface area (TPSA) is 206 Å². The van der Waals surface area contributed by atoms with E-state index in [2.05, 4.69) is 72.1 Å². The number of thioether (sulfide) groups is 1. The number of hydrogen-bond donors (Lipinski definition) is 3. The molecular formula is C63H67BrClF3N8O9S3. The summed E-state index contributed by atoms with van der Waals surface area (Å²) in [6, 6.07) is 27.8. The maximum absolute atomic E-state index is 14.6. The van der Waals surface area contributed by atoms with Gasteiger partial charge < -0.3 is 10.2 Å². The van der Waals surface area contributed by atoms with Gasteiger partial charge >= 0.3 is 5.51 Å². The van der Waals surface area contributed by atoms with Crippen molar-refractivity contribution in [2.24, 2.45) is 5.41 Å². The number of fused-ring (bicyclic) bond motifs is 4. The molecule has 6 heterocycles. The number of piperazine rings is 2. The van der Waals surface area contributed by atoms with Crippen molar-refractivity contribution in [3.63, 3.8) is 0 Å². The third-order valence-electron chi connectivity index (χ3n) is 17.8. The minimum absolute atomic E-state index is 0.00180.